The van der Waals surface area contributed by atoms with Crippen molar-refractivity contribution in [3.63, 3.8) is 0 Å². The smallest absolute Gasteiger partial charge is 0.163 e. The van der Waals surface area contributed by atoms with E-state index in [9.17, 15) is 0 Å². The number of rotatable bonds is 0. The van der Waals surface area contributed by atoms with Gasteiger partial charge in [0.1, 0.15) is 5.82 Å². The van der Waals surface area contributed by atoms with Gasteiger partial charge in [0.2, 0.25) is 0 Å². The molecule has 2 aliphatic rings. The van der Waals surface area contributed by atoms with Crippen LogP contribution in [0.5, 0.6) is 0 Å². The molecule has 2 aliphatic heterocycles. The summed E-state index contributed by atoms with van der Waals surface area (Å²) in [7, 11) is 0. The number of pyridine rings is 1. The minimum atomic E-state index is 0.812. The molecule has 18 heavy (non-hydrogen) atoms. The molecule has 0 saturated carbocycles. The number of hydrogen-bond donors (Lipinski definition) is 0. The molecule has 0 N–H and O–H groups in total. The van der Waals surface area contributed by atoms with Crippen molar-refractivity contribution in [2.24, 2.45) is 4.99 Å². The summed E-state index contributed by atoms with van der Waals surface area (Å²) in [5.41, 5.74) is 0.812. The first-order chi connectivity index (χ1) is 8.92. The lowest BCUT2D eigenvalue weighted by atomic mass is 10.1. The predicted octanol–water partition coefficient (Wildman–Crippen LogP) is 1.32. The zero-order chi connectivity index (χ0) is 11.9. The molecule has 0 saturated heterocycles. The van der Waals surface area contributed by atoms with Crippen LogP contribution < -0.4 is 10.7 Å². The van der Waals surface area contributed by atoms with E-state index < -0.39 is 0 Å². The quantitative estimate of drug-likeness (QED) is 0.686. The van der Waals surface area contributed by atoms with Gasteiger partial charge in [0.15, 0.2) is 5.49 Å². The lowest BCUT2D eigenvalue weighted by molar-refractivity contribution is 0.533. The van der Waals surface area contributed by atoms with Crippen LogP contribution in [0.3, 0.4) is 0 Å². The number of fused-ring (bicyclic) bond motifs is 4. The van der Waals surface area contributed by atoms with E-state index in [-0.39, 0.29) is 0 Å². The molecule has 0 atom stereocenters. The molecule has 0 bridgehead atoms. The van der Waals surface area contributed by atoms with Gasteiger partial charge in [0.25, 0.3) is 0 Å². The molecular weight excluding hydrogens is 222 g/mol. The van der Waals surface area contributed by atoms with Crippen molar-refractivity contribution in [2.45, 2.75) is 0 Å². The van der Waals surface area contributed by atoms with Crippen LogP contribution in [-0.4, -0.2) is 16.4 Å². The van der Waals surface area contributed by atoms with E-state index in [1.165, 1.54) is 5.39 Å². The Morgan fingerprint density at radius 3 is 3.11 bits per heavy atom. The maximum absolute atomic E-state index is 4.61. The lowest BCUT2D eigenvalue weighted by Crippen LogP contribution is -2.38. The van der Waals surface area contributed by atoms with Gasteiger partial charge in [-0.05, 0) is 11.5 Å². The zero-order valence-electron chi connectivity index (χ0n) is 9.74. The Morgan fingerprint density at radius 1 is 1.17 bits per heavy atom. The Labute approximate surface area is 104 Å². The number of benzene rings is 1. The first kappa shape index (κ1) is 9.59. The van der Waals surface area contributed by atoms with Crippen LogP contribution in [0.25, 0.3) is 17.0 Å². The second-order valence-electron chi connectivity index (χ2n) is 4.43. The maximum atomic E-state index is 4.61. The Kier molecular flexibility index (Phi) is 1.88. The highest BCUT2D eigenvalue weighted by Gasteiger charge is 2.12. The fourth-order valence-electron chi connectivity index (χ4n) is 2.39. The van der Waals surface area contributed by atoms with Crippen molar-refractivity contribution in [2.75, 3.05) is 6.54 Å². The van der Waals surface area contributed by atoms with Gasteiger partial charge in [-0.3, -0.25) is 0 Å². The molecule has 3 heteroatoms. The standard InChI is InChI=1S/C15H11N3/c1-2-6-12-11(5-1)9-16-15-13(12)10-18-8-4-3-7-14(18)17-15/h1-7,9-10H,8H2. The number of nitrogens with zero attached hydrogens (tertiary/aromatic N) is 3. The van der Waals surface area contributed by atoms with Gasteiger partial charge in [0.05, 0.1) is 0 Å². The van der Waals surface area contributed by atoms with Gasteiger partial charge in [-0.15, -0.1) is 0 Å². The van der Waals surface area contributed by atoms with Crippen LogP contribution in [0.15, 0.2) is 59.5 Å². The molecule has 3 heterocycles. The Morgan fingerprint density at radius 2 is 2.11 bits per heavy atom. The fraction of sp³-hybridized carbons (Fsp3) is 0.0667. The van der Waals surface area contributed by atoms with E-state index in [1.807, 2.05) is 24.4 Å². The highest BCUT2D eigenvalue weighted by Crippen LogP contribution is 2.14. The lowest BCUT2D eigenvalue weighted by Gasteiger charge is -2.23. The Hall–Kier alpha value is -2.42. The third kappa shape index (κ3) is 1.31. The number of aromatic nitrogens is 1. The van der Waals surface area contributed by atoms with Gasteiger partial charge in [-0.2, -0.15) is 0 Å². The second kappa shape index (κ2) is 3.53. The average molecular weight is 233 g/mol. The molecule has 4 rings (SSSR count). The summed E-state index contributed by atoms with van der Waals surface area (Å²) in [6, 6.07) is 8.29. The molecule has 1 aromatic carbocycles. The number of allylic oxidation sites excluding steroid dienone is 2. The van der Waals surface area contributed by atoms with E-state index in [0.717, 1.165) is 28.5 Å². The molecule has 3 nitrogen and oxygen atoms in total. The van der Waals surface area contributed by atoms with Crippen molar-refractivity contribution in [1.29, 1.82) is 0 Å². The third-order valence-corrected chi connectivity index (χ3v) is 3.30. The van der Waals surface area contributed by atoms with Crippen LogP contribution in [0.1, 0.15) is 0 Å². The van der Waals surface area contributed by atoms with Crippen molar-refractivity contribution >= 4 is 17.0 Å². The topological polar surface area (TPSA) is 28.5 Å². The maximum Gasteiger partial charge on any atom is 0.163 e. The summed E-state index contributed by atoms with van der Waals surface area (Å²) >= 11 is 0. The van der Waals surface area contributed by atoms with Crippen molar-refractivity contribution in [1.82, 2.24) is 9.88 Å². The van der Waals surface area contributed by atoms with Crippen molar-refractivity contribution < 1.29 is 0 Å². The van der Waals surface area contributed by atoms with Crippen LogP contribution in [0.2, 0.25) is 0 Å². The molecule has 0 spiro atoms. The van der Waals surface area contributed by atoms with E-state index in [2.05, 4.69) is 45.4 Å². The minimum Gasteiger partial charge on any atom is -0.328 e. The highest BCUT2D eigenvalue weighted by atomic mass is 15.2. The summed E-state index contributed by atoms with van der Waals surface area (Å²) in [6.07, 6.45) is 10.2. The van der Waals surface area contributed by atoms with E-state index in [4.69, 9.17) is 0 Å². The van der Waals surface area contributed by atoms with Crippen molar-refractivity contribution in [3.8, 4) is 0 Å². The third-order valence-electron chi connectivity index (χ3n) is 3.30. The normalized spacial score (nSPS) is 16.4. The van der Waals surface area contributed by atoms with Crippen molar-refractivity contribution in [3.05, 3.63) is 65.2 Å². The summed E-state index contributed by atoms with van der Waals surface area (Å²) in [4.78, 5) is 11.2. The van der Waals surface area contributed by atoms with Crippen LogP contribution in [0, 0.1) is 0 Å². The highest BCUT2D eigenvalue weighted by molar-refractivity contribution is 5.82. The van der Waals surface area contributed by atoms with Crippen LogP contribution >= 0.6 is 0 Å². The van der Waals surface area contributed by atoms with Gasteiger partial charge >= 0.3 is 0 Å². The minimum absolute atomic E-state index is 0.812. The summed E-state index contributed by atoms with van der Waals surface area (Å²) < 4.78 is 0. The summed E-state index contributed by atoms with van der Waals surface area (Å²) in [6.45, 7) is 0.873. The van der Waals surface area contributed by atoms with Gasteiger partial charge in [0, 0.05) is 29.5 Å². The predicted molar refractivity (Wildman–Crippen MR) is 70.9 cm³/mol. The molecule has 86 valence electrons. The SMILES string of the molecule is C1=CCN2C=c3c(ncc4ccccc34)=NC2=C1. The first-order valence-electron chi connectivity index (χ1n) is 6.00. The monoisotopic (exact) mass is 233 g/mol. The molecule has 0 radical (unpaired) electrons. The molecular formula is C15H11N3. The number of hydrogen-bond acceptors (Lipinski definition) is 3. The zero-order valence-corrected chi connectivity index (χ0v) is 9.74. The van der Waals surface area contributed by atoms with Gasteiger partial charge < -0.3 is 4.90 Å². The molecule has 0 fully saturated rings. The van der Waals surface area contributed by atoms with Gasteiger partial charge in [-0.25, -0.2) is 9.98 Å². The average Bonchev–Trinajstić information content (AvgIpc) is 2.45. The van der Waals surface area contributed by atoms with Crippen LogP contribution in [0.4, 0.5) is 0 Å². The fourth-order valence-corrected chi connectivity index (χ4v) is 2.39. The molecule has 0 amide bonds. The van der Waals surface area contributed by atoms with Crippen LogP contribution in [-0.2, 0) is 0 Å². The molecule has 0 aliphatic carbocycles. The van der Waals surface area contributed by atoms with E-state index >= 15 is 0 Å². The molecule has 1 aromatic heterocycles. The first-order valence-corrected chi connectivity index (χ1v) is 6.00. The second-order valence-corrected chi connectivity index (χ2v) is 4.43. The Balaban J connectivity index is 2.13. The van der Waals surface area contributed by atoms with E-state index in [1.54, 1.807) is 0 Å². The molecule has 2 aromatic rings. The van der Waals surface area contributed by atoms with Gasteiger partial charge in [-0.1, -0.05) is 36.4 Å². The Bertz CT molecular complexity index is 815. The summed E-state index contributed by atoms with van der Waals surface area (Å²) in [5.74, 6) is 0.966. The molecule has 0 unspecified atom stereocenters. The summed E-state index contributed by atoms with van der Waals surface area (Å²) in [5, 5.41) is 3.48. The van der Waals surface area contributed by atoms with E-state index in [0.29, 0.717) is 0 Å². The largest absolute Gasteiger partial charge is 0.328 e.